The Kier molecular flexibility index (Phi) is 7.04. The first kappa shape index (κ1) is 14.9. The Morgan fingerprint density at radius 3 is 2.94 bits per heavy atom. The summed E-state index contributed by atoms with van der Waals surface area (Å²) < 4.78 is 11.0. The average Bonchev–Trinajstić information content (AvgIpc) is 2.81. The van der Waals surface area contributed by atoms with Gasteiger partial charge in [0.2, 0.25) is 0 Å². The zero-order valence-electron chi connectivity index (χ0n) is 11.2. The van der Waals surface area contributed by atoms with Crippen molar-refractivity contribution in [1.29, 1.82) is 0 Å². The molecule has 0 aromatic rings. The molecule has 1 unspecified atom stereocenters. The quantitative estimate of drug-likeness (QED) is 0.599. The van der Waals surface area contributed by atoms with Gasteiger partial charge in [-0.2, -0.15) is 0 Å². The molecule has 0 spiro atoms. The predicted octanol–water partition coefficient (Wildman–Crippen LogP) is 1.18. The Balaban J connectivity index is 1.84. The second-order valence-corrected chi connectivity index (χ2v) is 5.56. The molecule has 0 amide bonds. The van der Waals surface area contributed by atoms with Crippen molar-refractivity contribution >= 4 is 0 Å². The Labute approximate surface area is 105 Å². The molecule has 2 N–H and O–H groups in total. The summed E-state index contributed by atoms with van der Waals surface area (Å²) in [4.78, 5) is 0. The fourth-order valence-electron chi connectivity index (χ4n) is 1.77. The van der Waals surface area contributed by atoms with Crippen molar-refractivity contribution in [1.82, 2.24) is 5.32 Å². The van der Waals surface area contributed by atoms with E-state index >= 15 is 0 Å². The molecule has 0 aromatic carbocycles. The molecular weight excluding hydrogens is 218 g/mol. The molecule has 1 aliphatic rings. The van der Waals surface area contributed by atoms with Crippen molar-refractivity contribution in [2.24, 2.45) is 5.41 Å². The number of rotatable bonds is 9. The lowest BCUT2D eigenvalue weighted by Gasteiger charge is -2.21. The van der Waals surface area contributed by atoms with Gasteiger partial charge in [0.15, 0.2) is 0 Å². The number of nitrogens with one attached hydrogen (secondary N) is 1. The maximum Gasteiger partial charge on any atom is 0.0809 e. The van der Waals surface area contributed by atoms with Gasteiger partial charge < -0.3 is 19.9 Å². The summed E-state index contributed by atoms with van der Waals surface area (Å²) in [5.41, 5.74) is -0.0292. The van der Waals surface area contributed by atoms with Crippen LogP contribution >= 0.6 is 0 Å². The molecular formula is C13H27NO3. The molecule has 1 atom stereocenters. The summed E-state index contributed by atoms with van der Waals surface area (Å²) in [5.74, 6) is 0. The minimum Gasteiger partial charge on any atom is -0.396 e. The highest BCUT2D eigenvalue weighted by Gasteiger charge is 2.16. The summed E-state index contributed by atoms with van der Waals surface area (Å²) in [6, 6.07) is 0. The van der Waals surface area contributed by atoms with Crippen LogP contribution in [-0.4, -0.2) is 50.7 Å². The number of aliphatic hydroxyl groups excluding tert-OH is 1. The zero-order chi connectivity index (χ0) is 12.6. The van der Waals surface area contributed by atoms with Crippen molar-refractivity contribution in [3.8, 4) is 0 Å². The second-order valence-electron chi connectivity index (χ2n) is 5.56. The fraction of sp³-hybridized carbons (Fsp3) is 1.00. The molecule has 0 aromatic heterocycles. The molecule has 4 heteroatoms. The standard InChI is InChI=1S/C13H27NO3/c1-13(2,11-15)10-14-6-4-7-16-9-12-5-3-8-17-12/h12,14-15H,3-11H2,1-2H3. The van der Waals surface area contributed by atoms with Crippen LogP contribution in [0.2, 0.25) is 0 Å². The first-order valence-electron chi connectivity index (χ1n) is 6.65. The lowest BCUT2D eigenvalue weighted by Crippen LogP contribution is -2.33. The van der Waals surface area contributed by atoms with Gasteiger partial charge in [-0.25, -0.2) is 0 Å². The topological polar surface area (TPSA) is 50.7 Å². The summed E-state index contributed by atoms with van der Waals surface area (Å²) in [5, 5.41) is 12.4. The highest BCUT2D eigenvalue weighted by atomic mass is 16.5. The Bertz CT molecular complexity index is 191. The van der Waals surface area contributed by atoms with Crippen molar-refractivity contribution in [2.45, 2.75) is 39.2 Å². The molecule has 102 valence electrons. The summed E-state index contributed by atoms with van der Waals surface area (Å²) in [6.07, 6.45) is 3.65. The molecule has 1 heterocycles. The zero-order valence-corrected chi connectivity index (χ0v) is 11.2. The minimum atomic E-state index is -0.0292. The first-order chi connectivity index (χ1) is 8.14. The molecule has 1 rings (SSSR count). The maximum atomic E-state index is 9.08. The van der Waals surface area contributed by atoms with Gasteiger partial charge in [0.1, 0.15) is 0 Å². The van der Waals surface area contributed by atoms with E-state index in [0.717, 1.165) is 45.8 Å². The third-order valence-electron chi connectivity index (χ3n) is 3.00. The van der Waals surface area contributed by atoms with E-state index in [1.165, 1.54) is 6.42 Å². The van der Waals surface area contributed by atoms with Gasteiger partial charge in [0, 0.05) is 31.8 Å². The van der Waals surface area contributed by atoms with Crippen LogP contribution in [0.5, 0.6) is 0 Å². The van der Waals surface area contributed by atoms with E-state index < -0.39 is 0 Å². The normalized spacial score (nSPS) is 21.0. The van der Waals surface area contributed by atoms with Gasteiger partial charge >= 0.3 is 0 Å². The Hall–Kier alpha value is -0.160. The van der Waals surface area contributed by atoms with Crippen molar-refractivity contribution in [3.05, 3.63) is 0 Å². The Morgan fingerprint density at radius 1 is 1.47 bits per heavy atom. The van der Waals surface area contributed by atoms with Crippen LogP contribution in [0.15, 0.2) is 0 Å². The average molecular weight is 245 g/mol. The van der Waals surface area contributed by atoms with Crippen molar-refractivity contribution in [3.63, 3.8) is 0 Å². The molecule has 1 aliphatic heterocycles. The van der Waals surface area contributed by atoms with Crippen LogP contribution in [0.3, 0.4) is 0 Å². The van der Waals surface area contributed by atoms with Crippen molar-refractivity contribution in [2.75, 3.05) is 39.5 Å². The smallest absolute Gasteiger partial charge is 0.0809 e. The van der Waals surface area contributed by atoms with E-state index in [2.05, 4.69) is 5.32 Å². The number of hydrogen-bond donors (Lipinski definition) is 2. The second kappa shape index (κ2) is 8.03. The van der Waals surface area contributed by atoms with Crippen LogP contribution in [-0.2, 0) is 9.47 Å². The van der Waals surface area contributed by atoms with Gasteiger partial charge in [-0.05, 0) is 25.8 Å². The number of aliphatic hydroxyl groups is 1. The summed E-state index contributed by atoms with van der Waals surface area (Å²) in [6.45, 7) is 8.52. The summed E-state index contributed by atoms with van der Waals surface area (Å²) >= 11 is 0. The van der Waals surface area contributed by atoms with Gasteiger partial charge in [-0.3, -0.25) is 0 Å². The summed E-state index contributed by atoms with van der Waals surface area (Å²) in [7, 11) is 0. The van der Waals surface area contributed by atoms with E-state index in [4.69, 9.17) is 14.6 Å². The van der Waals surface area contributed by atoms with Crippen LogP contribution in [0.4, 0.5) is 0 Å². The molecule has 1 saturated heterocycles. The van der Waals surface area contributed by atoms with Crippen molar-refractivity contribution < 1.29 is 14.6 Å². The van der Waals surface area contributed by atoms with Crippen LogP contribution < -0.4 is 5.32 Å². The van der Waals surface area contributed by atoms with Gasteiger partial charge in [0.05, 0.1) is 12.7 Å². The lowest BCUT2D eigenvalue weighted by atomic mass is 9.95. The van der Waals surface area contributed by atoms with E-state index in [-0.39, 0.29) is 12.0 Å². The lowest BCUT2D eigenvalue weighted by molar-refractivity contribution is 0.0165. The fourth-order valence-corrected chi connectivity index (χ4v) is 1.77. The van der Waals surface area contributed by atoms with Gasteiger partial charge in [-0.1, -0.05) is 13.8 Å². The molecule has 4 nitrogen and oxygen atoms in total. The largest absolute Gasteiger partial charge is 0.396 e. The molecule has 0 saturated carbocycles. The van der Waals surface area contributed by atoms with Gasteiger partial charge in [-0.15, -0.1) is 0 Å². The highest BCUT2D eigenvalue weighted by molar-refractivity contribution is 4.69. The number of ether oxygens (including phenoxy) is 2. The Morgan fingerprint density at radius 2 is 2.29 bits per heavy atom. The first-order valence-corrected chi connectivity index (χ1v) is 6.65. The monoisotopic (exact) mass is 245 g/mol. The predicted molar refractivity (Wildman–Crippen MR) is 68.1 cm³/mol. The highest BCUT2D eigenvalue weighted by Crippen LogP contribution is 2.12. The third kappa shape index (κ3) is 6.99. The molecule has 0 radical (unpaired) electrons. The minimum absolute atomic E-state index is 0.0292. The van der Waals surface area contributed by atoms with E-state index in [9.17, 15) is 0 Å². The number of hydrogen-bond acceptors (Lipinski definition) is 4. The van der Waals surface area contributed by atoms with E-state index in [1.54, 1.807) is 0 Å². The van der Waals surface area contributed by atoms with Crippen LogP contribution in [0.1, 0.15) is 33.1 Å². The third-order valence-corrected chi connectivity index (χ3v) is 3.00. The SMILES string of the molecule is CC(C)(CO)CNCCCOCC1CCCO1. The molecule has 0 aliphatic carbocycles. The van der Waals surface area contributed by atoms with Gasteiger partial charge in [0.25, 0.3) is 0 Å². The maximum absolute atomic E-state index is 9.08. The molecule has 0 bridgehead atoms. The van der Waals surface area contributed by atoms with Crippen LogP contribution in [0.25, 0.3) is 0 Å². The molecule has 1 fully saturated rings. The van der Waals surface area contributed by atoms with E-state index in [0.29, 0.717) is 6.10 Å². The van der Waals surface area contributed by atoms with E-state index in [1.807, 2.05) is 13.8 Å². The molecule has 17 heavy (non-hydrogen) atoms. The van der Waals surface area contributed by atoms with Crippen LogP contribution in [0, 0.1) is 5.41 Å².